The van der Waals surface area contributed by atoms with E-state index in [-0.39, 0.29) is 18.2 Å². The third-order valence-electron chi connectivity index (χ3n) is 4.01. The quantitative estimate of drug-likeness (QED) is 0.838. The molecule has 2 aromatic rings. The van der Waals surface area contributed by atoms with E-state index in [1.54, 1.807) is 0 Å². The van der Waals surface area contributed by atoms with Gasteiger partial charge in [0.25, 0.3) is 5.91 Å². The van der Waals surface area contributed by atoms with E-state index in [1.807, 2.05) is 37.3 Å². The monoisotopic (exact) mass is 306 g/mol. The van der Waals surface area contributed by atoms with Crippen molar-refractivity contribution in [1.29, 1.82) is 0 Å². The van der Waals surface area contributed by atoms with Gasteiger partial charge in [0, 0.05) is 23.2 Å². The Kier molecular flexibility index (Phi) is 4.29. The zero-order chi connectivity index (χ0) is 16.2. The Balaban J connectivity index is 1.68. The molecule has 3 rings (SSSR count). The maximum atomic E-state index is 12.3. The second kappa shape index (κ2) is 6.53. The van der Waals surface area contributed by atoms with Crippen molar-refractivity contribution in [2.45, 2.75) is 26.2 Å². The number of H-pyrrole nitrogens is 1. The number of benzene rings is 1. The fourth-order valence-corrected chi connectivity index (χ4v) is 2.88. The summed E-state index contributed by atoms with van der Waals surface area (Å²) in [6, 6.07) is 9.62. The summed E-state index contributed by atoms with van der Waals surface area (Å²) in [6.07, 6.45) is 2.23. The van der Waals surface area contributed by atoms with Crippen molar-refractivity contribution in [2.75, 3.05) is 6.54 Å². The van der Waals surface area contributed by atoms with Crippen molar-refractivity contribution in [2.24, 2.45) is 0 Å². The number of fused-ring (bicyclic) bond motifs is 1. The van der Waals surface area contributed by atoms with E-state index in [0.717, 1.165) is 29.7 Å². The summed E-state index contributed by atoms with van der Waals surface area (Å²) in [5.41, 5.74) is 3.74. The number of Topliss-reactive ketones (excluding diaryl/α,β-unsaturated/α-hetero) is 1. The normalized spacial score (nSPS) is 13.0. The fourth-order valence-electron chi connectivity index (χ4n) is 2.88. The zero-order valence-electron chi connectivity index (χ0n) is 13.0. The maximum absolute atomic E-state index is 12.3. The molecule has 0 saturated carbocycles. The Bertz CT molecular complexity index is 807. The molecule has 23 heavy (non-hydrogen) atoms. The Hall–Kier alpha value is -2.80. The van der Waals surface area contributed by atoms with Gasteiger partial charge in [0.05, 0.1) is 6.54 Å². The molecule has 4 nitrogen and oxygen atoms in total. The standard InChI is InChI=1S/C19H18N2O2/c1-13-17-15(10-5-11-16(17)22)21-18(13)19(23)20-12-6-9-14-7-3-2-4-8-14/h2-4,7-8,21H,5,10-12H2,1H3,(H,20,23). The van der Waals surface area contributed by atoms with Crippen molar-refractivity contribution >= 4 is 11.7 Å². The molecule has 1 aliphatic rings. The Morgan fingerprint density at radius 3 is 2.78 bits per heavy atom. The smallest absolute Gasteiger partial charge is 0.268 e. The van der Waals surface area contributed by atoms with Gasteiger partial charge in [0.15, 0.2) is 5.78 Å². The summed E-state index contributed by atoms with van der Waals surface area (Å²) >= 11 is 0. The summed E-state index contributed by atoms with van der Waals surface area (Å²) in [7, 11) is 0. The molecule has 1 aromatic carbocycles. The third kappa shape index (κ3) is 3.19. The molecule has 0 aliphatic heterocycles. The topological polar surface area (TPSA) is 62.0 Å². The Labute approximate surface area is 135 Å². The highest BCUT2D eigenvalue weighted by atomic mass is 16.2. The lowest BCUT2D eigenvalue weighted by atomic mass is 9.94. The first-order valence-electron chi connectivity index (χ1n) is 7.73. The minimum atomic E-state index is -0.216. The lowest BCUT2D eigenvalue weighted by Crippen LogP contribution is -2.24. The number of nitrogens with one attached hydrogen (secondary N) is 2. The van der Waals surface area contributed by atoms with Gasteiger partial charge in [-0.05, 0) is 37.5 Å². The fraction of sp³-hybridized carbons (Fsp3) is 0.263. The van der Waals surface area contributed by atoms with Crippen molar-refractivity contribution in [3.8, 4) is 11.8 Å². The van der Waals surface area contributed by atoms with E-state index in [9.17, 15) is 9.59 Å². The average Bonchev–Trinajstić information content (AvgIpc) is 2.91. The van der Waals surface area contributed by atoms with Crippen molar-refractivity contribution < 1.29 is 9.59 Å². The predicted molar refractivity (Wildman–Crippen MR) is 88.5 cm³/mol. The zero-order valence-corrected chi connectivity index (χ0v) is 13.0. The van der Waals surface area contributed by atoms with E-state index in [2.05, 4.69) is 22.1 Å². The van der Waals surface area contributed by atoms with Gasteiger partial charge in [-0.1, -0.05) is 30.0 Å². The van der Waals surface area contributed by atoms with Gasteiger partial charge in [-0.2, -0.15) is 0 Å². The average molecular weight is 306 g/mol. The van der Waals surface area contributed by atoms with Crippen LogP contribution in [-0.2, 0) is 6.42 Å². The molecule has 4 heteroatoms. The number of aromatic amines is 1. The van der Waals surface area contributed by atoms with Crippen LogP contribution in [0.2, 0.25) is 0 Å². The summed E-state index contributed by atoms with van der Waals surface area (Å²) in [5.74, 6) is 5.83. The number of hydrogen-bond acceptors (Lipinski definition) is 2. The van der Waals surface area contributed by atoms with Crippen LogP contribution in [0.25, 0.3) is 0 Å². The van der Waals surface area contributed by atoms with Gasteiger partial charge in [0.1, 0.15) is 5.69 Å². The Morgan fingerprint density at radius 2 is 2.04 bits per heavy atom. The number of aryl methyl sites for hydroxylation is 1. The van der Waals surface area contributed by atoms with Crippen LogP contribution in [-0.4, -0.2) is 23.2 Å². The number of hydrogen-bond donors (Lipinski definition) is 2. The van der Waals surface area contributed by atoms with Gasteiger partial charge in [-0.15, -0.1) is 0 Å². The van der Waals surface area contributed by atoms with Crippen LogP contribution in [0, 0.1) is 18.8 Å². The number of amides is 1. The van der Waals surface area contributed by atoms with Gasteiger partial charge in [-0.3, -0.25) is 9.59 Å². The molecule has 0 spiro atoms. The number of aromatic nitrogens is 1. The van der Waals surface area contributed by atoms with E-state index < -0.39 is 0 Å². The van der Waals surface area contributed by atoms with Crippen LogP contribution in [0.3, 0.4) is 0 Å². The molecule has 0 radical (unpaired) electrons. The minimum absolute atomic E-state index is 0.128. The second-order valence-corrected chi connectivity index (χ2v) is 5.61. The van der Waals surface area contributed by atoms with Crippen LogP contribution < -0.4 is 5.32 Å². The van der Waals surface area contributed by atoms with Gasteiger partial charge in [-0.25, -0.2) is 0 Å². The molecule has 1 aliphatic carbocycles. The van der Waals surface area contributed by atoms with Crippen LogP contribution in [0.15, 0.2) is 30.3 Å². The van der Waals surface area contributed by atoms with Crippen LogP contribution in [0.4, 0.5) is 0 Å². The molecular formula is C19H18N2O2. The van der Waals surface area contributed by atoms with E-state index >= 15 is 0 Å². The first-order chi connectivity index (χ1) is 11.2. The highest BCUT2D eigenvalue weighted by molar-refractivity contribution is 6.04. The third-order valence-corrected chi connectivity index (χ3v) is 4.01. The highest BCUT2D eigenvalue weighted by Gasteiger charge is 2.25. The summed E-state index contributed by atoms with van der Waals surface area (Å²) < 4.78 is 0. The first-order valence-corrected chi connectivity index (χ1v) is 7.73. The minimum Gasteiger partial charge on any atom is -0.354 e. The molecule has 2 N–H and O–H groups in total. The molecule has 0 saturated heterocycles. The van der Waals surface area contributed by atoms with E-state index in [4.69, 9.17) is 0 Å². The van der Waals surface area contributed by atoms with Crippen LogP contribution >= 0.6 is 0 Å². The second-order valence-electron chi connectivity index (χ2n) is 5.61. The largest absolute Gasteiger partial charge is 0.354 e. The Morgan fingerprint density at radius 1 is 1.26 bits per heavy atom. The van der Waals surface area contributed by atoms with E-state index in [1.165, 1.54) is 0 Å². The van der Waals surface area contributed by atoms with Crippen LogP contribution in [0.1, 0.15) is 50.5 Å². The molecule has 1 aromatic heterocycles. The number of rotatable bonds is 2. The summed E-state index contributed by atoms with van der Waals surface area (Å²) in [4.78, 5) is 27.4. The molecule has 1 amide bonds. The predicted octanol–water partition coefficient (Wildman–Crippen LogP) is 2.62. The summed E-state index contributed by atoms with van der Waals surface area (Å²) in [6.45, 7) is 2.09. The molecule has 0 atom stereocenters. The van der Waals surface area contributed by atoms with Crippen molar-refractivity contribution in [1.82, 2.24) is 10.3 Å². The van der Waals surface area contributed by atoms with Crippen LogP contribution in [0.5, 0.6) is 0 Å². The molecule has 1 heterocycles. The van der Waals surface area contributed by atoms with Crippen molar-refractivity contribution in [3.05, 3.63) is 58.4 Å². The molecule has 0 fully saturated rings. The first kappa shape index (κ1) is 15.1. The maximum Gasteiger partial charge on any atom is 0.268 e. The highest BCUT2D eigenvalue weighted by Crippen LogP contribution is 2.26. The molecule has 0 unspecified atom stereocenters. The van der Waals surface area contributed by atoms with Gasteiger partial charge >= 0.3 is 0 Å². The van der Waals surface area contributed by atoms with Crippen molar-refractivity contribution in [3.63, 3.8) is 0 Å². The van der Waals surface area contributed by atoms with Gasteiger partial charge < -0.3 is 10.3 Å². The SMILES string of the molecule is Cc1c(C(=O)NCC#Cc2ccccc2)[nH]c2c1C(=O)CCC2. The molecular weight excluding hydrogens is 288 g/mol. The van der Waals surface area contributed by atoms with E-state index in [0.29, 0.717) is 17.7 Å². The number of carbonyl (C=O) groups is 2. The van der Waals surface area contributed by atoms with Gasteiger partial charge in [0.2, 0.25) is 0 Å². The number of carbonyl (C=O) groups excluding carboxylic acids is 2. The summed E-state index contributed by atoms with van der Waals surface area (Å²) in [5, 5.41) is 2.78. The molecule has 0 bridgehead atoms. The lowest BCUT2D eigenvalue weighted by molar-refractivity contribution is 0.0952. The molecule has 116 valence electrons. The number of ketones is 1. The lowest BCUT2D eigenvalue weighted by Gasteiger charge is -2.09.